The number of nitrogens with zero attached hydrogens (tertiary/aromatic N) is 1. The maximum absolute atomic E-state index is 13.2. The number of halogens is 1. The highest BCUT2D eigenvalue weighted by Crippen LogP contribution is 2.66. The number of ether oxygens (including phenoxy) is 3. The lowest BCUT2D eigenvalue weighted by Crippen LogP contribution is -2.76. The molecular weight excluding hydrogens is 426 g/mol. The van der Waals surface area contributed by atoms with Crippen LogP contribution in [-0.2, 0) is 28.0 Å². The maximum Gasteiger partial charge on any atom is 0.182 e. The third-order valence-electron chi connectivity index (χ3n) is 8.02. The lowest BCUT2D eigenvalue weighted by Gasteiger charge is -2.64. The van der Waals surface area contributed by atoms with Gasteiger partial charge in [0.2, 0.25) is 0 Å². The van der Waals surface area contributed by atoms with Crippen molar-refractivity contribution < 1.29 is 19.0 Å². The van der Waals surface area contributed by atoms with Gasteiger partial charge in [0.05, 0.1) is 17.6 Å². The van der Waals surface area contributed by atoms with Crippen LogP contribution in [0.4, 0.5) is 0 Å². The van der Waals surface area contributed by atoms with Crippen LogP contribution in [0.2, 0.25) is 5.02 Å². The maximum atomic E-state index is 13.2. The van der Waals surface area contributed by atoms with Crippen LogP contribution in [0.1, 0.15) is 36.0 Å². The number of hydrogen-bond acceptors (Lipinski definition) is 5. The summed E-state index contributed by atoms with van der Waals surface area (Å²) in [7, 11) is 2.16. The van der Waals surface area contributed by atoms with Gasteiger partial charge in [0, 0.05) is 23.0 Å². The summed E-state index contributed by atoms with van der Waals surface area (Å²) in [6, 6.07) is 11.8. The molecule has 1 saturated carbocycles. The molecule has 4 aliphatic rings. The van der Waals surface area contributed by atoms with Gasteiger partial charge < -0.3 is 19.1 Å². The Morgan fingerprint density at radius 1 is 1.31 bits per heavy atom. The second kappa shape index (κ2) is 6.99. The Bertz CT molecular complexity index is 1170. The molecule has 0 aromatic heterocycles. The normalized spacial score (nSPS) is 32.1. The van der Waals surface area contributed by atoms with Gasteiger partial charge in [-0.2, -0.15) is 0 Å². The number of piperidine rings is 1. The first-order valence-electron chi connectivity index (χ1n) is 11.1. The quantitative estimate of drug-likeness (QED) is 0.663. The van der Waals surface area contributed by atoms with Crippen molar-refractivity contribution in [2.24, 2.45) is 0 Å². The molecule has 6 rings (SSSR count). The Morgan fingerprint density at radius 3 is 3.00 bits per heavy atom. The molecule has 2 heterocycles. The van der Waals surface area contributed by atoms with Gasteiger partial charge in [0.15, 0.2) is 23.4 Å². The van der Waals surface area contributed by atoms with E-state index in [9.17, 15) is 4.79 Å². The van der Waals surface area contributed by atoms with Crippen molar-refractivity contribution in [3.05, 3.63) is 58.1 Å². The van der Waals surface area contributed by atoms with Gasteiger partial charge in [-0.3, -0.25) is 4.79 Å². The Kier molecular flexibility index (Phi) is 4.39. The van der Waals surface area contributed by atoms with Crippen molar-refractivity contribution in [3.8, 4) is 24.0 Å². The SMILES string of the molecule is C#COc1ccc2c3c1O[C@H]1C(=O)CC[C@@]4(OCc5cccc(Cl)c5)C(C2)N(C)CC[C@]314. The van der Waals surface area contributed by atoms with E-state index in [1.54, 1.807) is 0 Å². The van der Waals surface area contributed by atoms with Crippen LogP contribution in [0.15, 0.2) is 36.4 Å². The summed E-state index contributed by atoms with van der Waals surface area (Å²) in [6.45, 7) is 1.30. The van der Waals surface area contributed by atoms with Gasteiger partial charge in [-0.25, -0.2) is 0 Å². The predicted octanol–water partition coefficient (Wildman–Crippen LogP) is 3.89. The van der Waals surface area contributed by atoms with Gasteiger partial charge in [0.1, 0.15) is 6.11 Å². The molecule has 1 spiro atoms. The summed E-state index contributed by atoms with van der Waals surface area (Å²) < 4.78 is 18.8. The van der Waals surface area contributed by atoms with E-state index in [1.165, 1.54) is 5.56 Å². The largest absolute Gasteiger partial charge is 0.477 e. The zero-order valence-electron chi connectivity index (χ0n) is 17.9. The molecule has 1 unspecified atom stereocenters. The van der Waals surface area contributed by atoms with Crippen molar-refractivity contribution in [2.75, 3.05) is 13.6 Å². The molecule has 5 nitrogen and oxygen atoms in total. The summed E-state index contributed by atoms with van der Waals surface area (Å²) >= 11 is 6.23. The number of Topliss-reactive ketones (excluding diaryl/α,β-unsaturated/α-hetero) is 1. The van der Waals surface area contributed by atoms with Crippen LogP contribution >= 0.6 is 11.6 Å². The number of benzene rings is 2. The molecule has 4 atom stereocenters. The van der Waals surface area contributed by atoms with Crippen molar-refractivity contribution in [3.63, 3.8) is 0 Å². The molecule has 164 valence electrons. The molecule has 1 saturated heterocycles. The van der Waals surface area contributed by atoms with Gasteiger partial charge >= 0.3 is 0 Å². The van der Waals surface area contributed by atoms with E-state index in [-0.39, 0.29) is 11.8 Å². The number of carbonyl (C=O) groups excluding carboxylic acids is 1. The van der Waals surface area contributed by atoms with E-state index in [2.05, 4.69) is 24.1 Å². The second-order valence-corrected chi connectivity index (χ2v) is 9.78. The molecule has 0 N–H and O–H groups in total. The van der Waals surface area contributed by atoms with Crippen molar-refractivity contribution in [2.45, 2.75) is 55.5 Å². The van der Waals surface area contributed by atoms with Crippen molar-refractivity contribution >= 4 is 17.4 Å². The predicted molar refractivity (Wildman–Crippen MR) is 120 cm³/mol. The Labute approximate surface area is 192 Å². The molecule has 32 heavy (non-hydrogen) atoms. The molecule has 2 aromatic rings. The molecule has 2 aliphatic carbocycles. The average molecular weight is 450 g/mol. The number of terminal acetylenes is 1. The highest BCUT2D eigenvalue weighted by Gasteiger charge is 2.74. The first-order valence-corrected chi connectivity index (χ1v) is 11.4. The smallest absolute Gasteiger partial charge is 0.182 e. The minimum absolute atomic E-state index is 0.131. The first kappa shape index (κ1) is 20.1. The standard InChI is InChI=1S/C26H24ClNO4/c1-3-30-20-8-7-17-14-21-26(31-15-16-5-4-6-18(27)13-16)10-9-19(29)24-25(26,11-12-28(21)2)22(17)23(20)32-24/h1,4-8,13,21,24H,9-12,14-15H2,2H3/t21?,24-,25-,26+/m0/s1. The fourth-order valence-electron chi connectivity index (χ4n) is 6.77. The van der Waals surface area contributed by atoms with Crippen LogP contribution in [0, 0.1) is 12.5 Å². The van der Waals surface area contributed by atoms with E-state index < -0.39 is 17.1 Å². The molecular formula is C26H24ClNO4. The summed E-state index contributed by atoms with van der Waals surface area (Å²) in [5.74, 6) is 1.26. The lowest BCUT2D eigenvalue weighted by atomic mass is 9.49. The monoisotopic (exact) mass is 449 g/mol. The van der Waals surface area contributed by atoms with Crippen LogP contribution in [-0.4, -0.2) is 42.0 Å². The molecule has 0 amide bonds. The van der Waals surface area contributed by atoms with E-state index in [1.807, 2.05) is 30.3 Å². The number of rotatable bonds is 4. The van der Waals surface area contributed by atoms with E-state index in [4.69, 9.17) is 32.2 Å². The summed E-state index contributed by atoms with van der Waals surface area (Å²) in [4.78, 5) is 15.6. The summed E-state index contributed by atoms with van der Waals surface area (Å²) in [5.41, 5.74) is 2.19. The molecule has 6 heteroatoms. The minimum Gasteiger partial charge on any atom is -0.477 e. The minimum atomic E-state index is -0.580. The molecule has 2 aliphatic heterocycles. The number of hydrogen-bond donors (Lipinski definition) is 0. The van der Waals surface area contributed by atoms with Crippen molar-refractivity contribution in [1.29, 1.82) is 0 Å². The van der Waals surface area contributed by atoms with E-state index in [0.29, 0.717) is 36.0 Å². The first-order chi connectivity index (χ1) is 15.5. The highest BCUT2D eigenvalue weighted by molar-refractivity contribution is 6.30. The van der Waals surface area contributed by atoms with Crippen LogP contribution in [0.3, 0.4) is 0 Å². The topological polar surface area (TPSA) is 48.0 Å². The Hall–Kier alpha value is -2.52. The third-order valence-corrected chi connectivity index (χ3v) is 8.26. The molecule has 0 radical (unpaired) electrons. The van der Waals surface area contributed by atoms with Gasteiger partial charge in [-0.05, 0) is 62.2 Å². The van der Waals surface area contributed by atoms with Crippen molar-refractivity contribution in [1.82, 2.24) is 4.90 Å². The molecule has 2 fully saturated rings. The molecule has 2 bridgehead atoms. The zero-order chi connectivity index (χ0) is 22.1. The Balaban J connectivity index is 1.54. The number of likely N-dealkylation sites (N-methyl/N-ethyl adjacent to an activating group) is 1. The fraction of sp³-hybridized carbons (Fsp3) is 0.423. The third kappa shape index (κ3) is 2.46. The van der Waals surface area contributed by atoms with Crippen LogP contribution < -0.4 is 9.47 Å². The highest BCUT2D eigenvalue weighted by atomic mass is 35.5. The fourth-order valence-corrected chi connectivity index (χ4v) is 6.99. The zero-order valence-corrected chi connectivity index (χ0v) is 18.7. The van der Waals surface area contributed by atoms with Gasteiger partial charge in [-0.15, -0.1) is 0 Å². The van der Waals surface area contributed by atoms with Crippen LogP contribution in [0.5, 0.6) is 11.5 Å². The van der Waals surface area contributed by atoms with E-state index in [0.717, 1.165) is 30.5 Å². The van der Waals surface area contributed by atoms with Crippen LogP contribution in [0.25, 0.3) is 0 Å². The van der Waals surface area contributed by atoms with E-state index >= 15 is 0 Å². The second-order valence-electron chi connectivity index (χ2n) is 9.34. The Morgan fingerprint density at radius 2 is 2.19 bits per heavy atom. The lowest BCUT2D eigenvalue weighted by molar-refractivity contribution is -0.215. The average Bonchev–Trinajstić information content (AvgIpc) is 3.14. The number of likely N-dealkylation sites (tertiary alicyclic amines) is 1. The number of ketones is 1. The summed E-state index contributed by atoms with van der Waals surface area (Å²) in [5, 5.41) is 0.687. The number of carbonyl (C=O) groups is 1. The van der Waals surface area contributed by atoms with Gasteiger partial charge in [-0.1, -0.05) is 36.2 Å². The van der Waals surface area contributed by atoms with Gasteiger partial charge in [0.25, 0.3) is 0 Å². The molecule has 2 aromatic carbocycles. The summed E-state index contributed by atoms with van der Waals surface area (Å²) in [6.07, 6.45) is 9.83.